The number of hydrogen-bond donors (Lipinski definition) is 2. The third kappa shape index (κ3) is 4.01. The third-order valence-electron chi connectivity index (χ3n) is 3.79. The minimum absolute atomic E-state index is 0.190. The van der Waals surface area contributed by atoms with Crippen molar-refractivity contribution in [2.75, 3.05) is 25.4 Å². The lowest BCUT2D eigenvalue weighted by molar-refractivity contribution is 0.0828. The van der Waals surface area contributed by atoms with Crippen molar-refractivity contribution in [2.24, 2.45) is 0 Å². The van der Waals surface area contributed by atoms with Crippen molar-refractivity contribution in [2.45, 2.75) is 12.0 Å². The normalized spacial score (nSPS) is 11.2. The largest absolute Gasteiger partial charge is 0.494 e. The van der Waals surface area contributed by atoms with Gasteiger partial charge in [0.2, 0.25) is 5.09 Å². The first kappa shape index (κ1) is 19.5. The molecule has 0 saturated carbocycles. The maximum atomic E-state index is 12.6. The Kier molecular flexibility index (Phi) is 5.41. The number of hydrogen-bond acceptors (Lipinski definition) is 6. The average Bonchev–Trinajstić information content (AvgIpc) is 3.32. The summed E-state index contributed by atoms with van der Waals surface area (Å²) in [5.41, 5.74) is 0.954. The summed E-state index contributed by atoms with van der Waals surface area (Å²) in [4.78, 5) is 13.6. The smallest absolute Gasteiger partial charge is 0.295 e. The SMILES string of the molecule is CCOc1ccc(NS(=O)(=O)c2ccc(-c3[nH]ncc3C(=O)N(C)C)o2)cc1. The summed E-state index contributed by atoms with van der Waals surface area (Å²) < 4.78 is 38.4. The van der Waals surface area contributed by atoms with Crippen molar-refractivity contribution in [3.63, 3.8) is 0 Å². The first-order chi connectivity index (χ1) is 13.3. The number of carbonyl (C=O) groups is 1. The van der Waals surface area contributed by atoms with Gasteiger partial charge in [0, 0.05) is 19.8 Å². The molecule has 10 heteroatoms. The highest BCUT2D eigenvalue weighted by Crippen LogP contribution is 2.27. The van der Waals surface area contributed by atoms with Crippen LogP contribution >= 0.6 is 0 Å². The van der Waals surface area contributed by atoms with E-state index in [-0.39, 0.29) is 22.3 Å². The first-order valence-corrected chi connectivity index (χ1v) is 9.91. The summed E-state index contributed by atoms with van der Waals surface area (Å²) in [6, 6.07) is 9.30. The van der Waals surface area contributed by atoms with Crippen LogP contribution in [0.3, 0.4) is 0 Å². The third-order valence-corrected chi connectivity index (χ3v) is 5.04. The molecule has 0 aliphatic rings. The number of furan rings is 1. The highest BCUT2D eigenvalue weighted by molar-refractivity contribution is 7.92. The lowest BCUT2D eigenvalue weighted by Crippen LogP contribution is -2.21. The fourth-order valence-electron chi connectivity index (χ4n) is 2.47. The van der Waals surface area contributed by atoms with E-state index < -0.39 is 10.0 Å². The molecule has 0 aliphatic carbocycles. The summed E-state index contributed by atoms with van der Waals surface area (Å²) in [5, 5.41) is 6.24. The van der Waals surface area contributed by atoms with Crippen molar-refractivity contribution in [3.8, 4) is 17.2 Å². The second kappa shape index (κ2) is 7.77. The Morgan fingerprint density at radius 2 is 1.93 bits per heavy atom. The summed E-state index contributed by atoms with van der Waals surface area (Å²) in [7, 11) is -0.727. The second-order valence-electron chi connectivity index (χ2n) is 6.04. The molecule has 2 aromatic heterocycles. The number of rotatable bonds is 7. The van der Waals surface area contributed by atoms with Gasteiger partial charge in [-0.05, 0) is 43.3 Å². The molecule has 0 spiro atoms. The fourth-order valence-corrected chi connectivity index (χ4v) is 3.46. The van der Waals surface area contributed by atoms with E-state index in [2.05, 4.69) is 14.9 Å². The quantitative estimate of drug-likeness (QED) is 0.625. The summed E-state index contributed by atoms with van der Waals surface area (Å²) >= 11 is 0. The van der Waals surface area contributed by atoms with Crippen LogP contribution in [0.15, 0.2) is 52.1 Å². The molecular weight excluding hydrogens is 384 g/mol. The number of benzene rings is 1. The van der Waals surface area contributed by atoms with Gasteiger partial charge < -0.3 is 14.1 Å². The van der Waals surface area contributed by atoms with Gasteiger partial charge in [-0.15, -0.1) is 0 Å². The second-order valence-corrected chi connectivity index (χ2v) is 7.65. The summed E-state index contributed by atoms with van der Waals surface area (Å²) in [6.45, 7) is 2.38. The molecule has 2 N–H and O–H groups in total. The van der Waals surface area contributed by atoms with Crippen LogP contribution in [0.5, 0.6) is 5.75 Å². The van der Waals surface area contributed by atoms with Crippen LogP contribution in [0.4, 0.5) is 5.69 Å². The van der Waals surface area contributed by atoms with Gasteiger partial charge in [0.25, 0.3) is 15.9 Å². The summed E-state index contributed by atoms with van der Waals surface area (Å²) in [6.07, 6.45) is 1.37. The minimum atomic E-state index is -3.95. The molecule has 28 heavy (non-hydrogen) atoms. The van der Waals surface area contributed by atoms with Gasteiger partial charge in [-0.3, -0.25) is 14.6 Å². The van der Waals surface area contributed by atoms with E-state index in [0.717, 1.165) is 0 Å². The molecule has 3 rings (SSSR count). The van der Waals surface area contributed by atoms with Crippen molar-refractivity contribution in [3.05, 3.63) is 48.2 Å². The van der Waals surface area contributed by atoms with Crippen LogP contribution < -0.4 is 9.46 Å². The zero-order valence-electron chi connectivity index (χ0n) is 15.6. The van der Waals surface area contributed by atoms with E-state index in [4.69, 9.17) is 9.15 Å². The molecule has 0 fully saturated rings. The zero-order chi connectivity index (χ0) is 20.3. The molecule has 9 nitrogen and oxygen atoms in total. The van der Waals surface area contributed by atoms with E-state index in [1.807, 2.05) is 6.92 Å². The Morgan fingerprint density at radius 1 is 1.21 bits per heavy atom. The van der Waals surface area contributed by atoms with E-state index in [1.165, 1.54) is 23.2 Å². The number of nitrogens with one attached hydrogen (secondary N) is 2. The topological polar surface area (TPSA) is 118 Å². The number of aromatic nitrogens is 2. The molecule has 0 saturated heterocycles. The lowest BCUT2D eigenvalue weighted by Gasteiger charge is -2.09. The highest BCUT2D eigenvalue weighted by atomic mass is 32.2. The number of amides is 1. The van der Waals surface area contributed by atoms with Crippen molar-refractivity contribution >= 4 is 21.6 Å². The van der Waals surface area contributed by atoms with E-state index >= 15 is 0 Å². The van der Waals surface area contributed by atoms with Crippen LogP contribution in [0.1, 0.15) is 17.3 Å². The molecule has 0 aliphatic heterocycles. The maximum absolute atomic E-state index is 12.6. The molecule has 1 aromatic carbocycles. The standard InChI is InChI=1S/C18H20N4O5S/c1-4-26-13-7-5-12(6-8-13)21-28(24,25)16-10-9-15(27-16)17-14(11-19-20-17)18(23)22(2)3/h5-11,21H,4H2,1-3H3,(H,19,20). The van der Waals surface area contributed by atoms with Gasteiger partial charge in [-0.1, -0.05) is 0 Å². The number of carbonyl (C=O) groups excluding carboxylic acids is 1. The molecule has 0 atom stereocenters. The van der Waals surface area contributed by atoms with E-state index in [0.29, 0.717) is 23.7 Å². The van der Waals surface area contributed by atoms with Gasteiger partial charge in [0.1, 0.15) is 11.4 Å². The fraction of sp³-hybridized carbons (Fsp3) is 0.222. The monoisotopic (exact) mass is 404 g/mol. The van der Waals surface area contributed by atoms with Crippen LogP contribution in [0.25, 0.3) is 11.5 Å². The number of H-pyrrole nitrogens is 1. The Labute approximate surface area is 162 Å². The Balaban J connectivity index is 1.83. The van der Waals surface area contributed by atoms with Crippen LogP contribution in [0, 0.1) is 0 Å². The number of anilines is 1. The molecule has 0 radical (unpaired) electrons. The van der Waals surface area contributed by atoms with Gasteiger partial charge in [-0.2, -0.15) is 13.5 Å². The number of ether oxygens (including phenoxy) is 1. The first-order valence-electron chi connectivity index (χ1n) is 8.42. The highest BCUT2D eigenvalue weighted by Gasteiger charge is 2.23. The van der Waals surface area contributed by atoms with Crippen LogP contribution in [0.2, 0.25) is 0 Å². The zero-order valence-corrected chi connectivity index (χ0v) is 16.4. The van der Waals surface area contributed by atoms with Gasteiger partial charge in [0.05, 0.1) is 18.4 Å². The lowest BCUT2D eigenvalue weighted by atomic mass is 10.2. The maximum Gasteiger partial charge on any atom is 0.295 e. The van der Waals surface area contributed by atoms with Crippen LogP contribution in [-0.2, 0) is 10.0 Å². The van der Waals surface area contributed by atoms with Crippen molar-refractivity contribution in [1.29, 1.82) is 0 Å². The molecule has 1 amide bonds. The predicted molar refractivity (Wildman–Crippen MR) is 103 cm³/mol. The number of nitrogens with zero attached hydrogens (tertiary/aromatic N) is 2. The number of sulfonamides is 1. The van der Waals surface area contributed by atoms with Crippen molar-refractivity contribution < 1.29 is 22.4 Å². The Morgan fingerprint density at radius 3 is 2.57 bits per heavy atom. The van der Waals surface area contributed by atoms with E-state index in [1.54, 1.807) is 38.4 Å². The Bertz CT molecular complexity index is 1070. The Hall–Kier alpha value is -3.27. The molecule has 0 unspecified atom stereocenters. The molecule has 2 heterocycles. The minimum Gasteiger partial charge on any atom is -0.494 e. The molecule has 0 bridgehead atoms. The van der Waals surface area contributed by atoms with Gasteiger partial charge in [0.15, 0.2) is 5.76 Å². The molecule has 3 aromatic rings. The van der Waals surface area contributed by atoms with Gasteiger partial charge >= 0.3 is 0 Å². The predicted octanol–water partition coefficient (Wildman–Crippen LogP) is 2.57. The molecule has 148 valence electrons. The van der Waals surface area contributed by atoms with Crippen LogP contribution in [-0.4, -0.2) is 50.1 Å². The number of aromatic amines is 1. The summed E-state index contributed by atoms with van der Waals surface area (Å²) in [5.74, 6) is 0.551. The van der Waals surface area contributed by atoms with E-state index in [9.17, 15) is 13.2 Å². The molecular formula is C18H20N4O5S. The van der Waals surface area contributed by atoms with Crippen molar-refractivity contribution in [1.82, 2.24) is 15.1 Å². The van der Waals surface area contributed by atoms with Gasteiger partial charge in [-0.25, -0.2) is 0 Å². The average molecular weight is 404 g/mol.